The predicted octanol–water partition coefficient (Wildman–Crippen LogP) is 1.31. The first kappa shape index (κ1) is 14.9. The van der Waals surface area contributed by atoms with Gasteiger partial charge in [-0.15, -0.1) is 0 Å². The van der Waals surface area contributed by atoms with Crippen molar-refractivity contribution in [3.63, 3.8) is 0 Å². The molecule has 0 radical (unpaired) electrons. The average molecular weight is 273 g/mol. The van der Waals surface area contributed by atoms with Crippen LogP contribution in [-0.4, -0.2) is 35.3 Å². The summed E-state index contributed by atoms with van der Waals surface area (Å²) < 4.78 is 20.7. The lowest BCUT2D eigenvalue weighted by molar-refractivity contribution is 0.0563. The molecule has 0 spiro atoms. The predicted molar refractivity (Wildman–Crippen MR) is 69.9 cm³/mol. The summed E-state index contributed by atoms with van der Waals surface area (Å²) in [7, 11) is 0.548. The van der Waals surface area contributed by atoms with Crippen molar-refractivity contribution in [3.8, 4) is 0 Å². The molecule has 1 rings (SSSR count). The van der Waals surface area contributed by atoms with E-state index < -0.39 is 16.8 Å². The smallest absolute Gasteiger partial charge is 0.374 e. The van der Waals surface area contributed by atoms with Crippen molar-refractivity contribution in [2.24, 2.45) is 0 Å². The molecule has 2 unspecified atom stereocenters. The normalized spacial score (nSPS) is 14.2. The highest BCUT2D eigenvalue weighted by molar-refractivity contribution is 7.84. The lowest BCUT2D eigenvalue weighted by Crippen LogP contribution is -2.27. The summed E-state index contributed by atoms with van der Waals surface area (Å²) in [4.78, 5) is 11.4. The summed E-state index contributed by atoms with van der Waals surface area (Å²) in [6.07, 6.45) is 3.99. The third-order valence-electron chi connectivity index (χ3n) is 2.60. The maximum absolute atomic E-state index is 11.4. The van der Waals surface area contributed by atoms with Gasteiger partial charge in [-0.3, -0.25) is 4.21 Å². The van der Waals surface area contributed by atoms with E-state index >= 15 is 0 Å². The van der Waals surface area contributed by atoms with Crippen LogP contribution in [0.25, 0.3) is 0 Å². The van der Waals surface area contributed by atoms with Gasteiger partial charge in [0.25, 0.3) is 0 Å². The minimum absolute atomic E-state index is 0.231. The van der Waals surface area contributed by atoms with E-state index in [0.717, 1.165) is 12.0 Å². The van der Waals surface area contributed by atoms with Crippen LogP contribution in [0.3, 0.4) is 0 Å². The number of hydrogen-bond donors (Lipinski definition) is 1. The van der Waals surface area contributed by atoms with Crippen molar-refractivity contribution in [3.05, 3.63) is 23.7 Å². The van der Waals surface area contributed by atoms with Gasteiger partial charge in [0.15, 0.2) is 0 Å². The van der Waals surface area contributed by atoms with E-state index in [1.54, 1.807) is 12.3 Å². The zero-order valence-electron chi connectivity index (χ0n) is 10.9. The molecule has 0 amide bonds. The molecule has 1 heterocycles. The number of furan rings is 1. The number of rotatable bonds is 7. The van der Waals surface area contributed by atoms with Crippen LogP contribution >= 0.6 is 0 Å². The number of hydrogen-bond acceptors (Lipinski definition) is 5. The Labute approximate surface area is 109 Å². The van der Waals surface area contributed by atoms with Gasteiger partial charge in [0, 0.05) is 41.0 Å². The summed E-state index contributed by atoms with van der Waals surface area (Å²) in [5, 5.41) is 3.26. The van der Waals surface area contributed by atoms with E-state index in [2.05, 4.69) is 10.1 Å². The molecule has 0 saturated heterocycles. The summed E-state index contributed by atoms with van der Waals surface area (Å²) in [6.45, 7) is 2.54. The molecule has 102 valence electrons. The number of esters is 1. The molecule has 1 N–H and O–H groups in total. The molecule has 18 heavy (non-hydrogen) atoms. The summed E-state index contributed by atoms with van der Waals surface area (Å²) in [5.74, 6) is 0.430. The standard InChI is InChI=1S/C12H19NO4S/c1-9(5-7-18(3)15)13-8-10-4-6-17-11(10)12(14)16-2/h4,6,9,13H,5,7-8H2,1-3H3. The van der Waals surface area contributed by atoms with E-state index in [9.17, 15) is 9.00 Å². The molecule has 0 aliphatic rings. The fraction of sp³-hybridized carbons (Fsp3) is 0.583. The maximum atomic E-state index is 11.4. The van der Waals surface area contributed by atoms with Crippen LogP contribution in [0.4, 0.5) is 0 Å². The van der Waals surface area contributed by atoms with E-state index in [0.29, 0.717) is 12.3 Å². The molecule has 6 heteroatoms. The first-order valence-electron chi connectivity index (χ1n) is 5.72. The number of carbonyl (C=O) groups is 1. The van der Waals surface area contributed by atoms with E-state index in [4.69, 9.17) is 4.42 Å². The lowest BCUT2D eigenvalue weighted by atomic mass is 10.2. The zero-order valence-corrected chi connectivity index (χ0v) is 11.7. The fourth-order valence-corrected chi connectivity index (χ4v) is 2.16. The number of nitrogens with one attached hydrogen (secondary N) is 1. The van der Waals surface area contributed by atoms with Crippen LogP contribution < -0.4 is 5.32 Å². The number of methoxy groups -OCH3 is 1. The summed E-state index contributed by atoms with van der Waals surface area (Å²) >= 11 is 0. The van der Waals surface area contributed by atoms with Gasteiger partial charge in [-0.25, -0.2) is 4.79 Å². The van der Waals surface area contributed by atoms with Crippen molar-refractivity contribution in [2.75, 3.05) is 19.1 Å². The topological polar surface area (TPSA) is 68.5 Å². The fourth-order valence-electron chi connectivity index (χ4n) is 1.48. The Morgan fingerprint density at radius 1 is 1.61 bits per heavy atom. The lowest BCUT2D eigenvalue weighted by Gasteiger charge is -2.12. The molecule has 0 fully saturated rings. The van der Waals surface area contributed by atoms with Crippen molar-refractivity contribution < 1.29 is 18.2 Å². The first-order chi connectivity index (χ1) is 8.54. The Morgan fingerprint density at radius 2 is 2.33 bits per heavy atom. The van der Waals surface area contributed by atoms with Crippen LogP contribution in [0, 0.1) is 0 Å². The van der Waals surface area contributed by atoms with Crippen LogP contribution in [0.5, 0.6) is 0 Å². The monoisotopic (exact) mass is 273 g/mol. The van der Waals surface area contributed by atoms with Crippen LogP contribution in [0.2, 0.25) is 0 Å². The Morgan fingerprint density at radius 3 is 2.94 bits per heavy atom. The molecule has 1 aromatic rings. The van der Waals surface area contributed by atoms with Crippen molar-refractivity contribution in [1.82, 2.24) is 5.32 Å². The van der Waals surface area contributed by atoms with Gasteiger partial charge in [0.05, 0.1) is 13.4 Å². The number of carbonyl (C=O) groups excluding carboxylic acids is 1. The SMILES string of the molecule is COC(=O)c1occc1CNC(C)CCS(C)=O. The van der Waals surface area contributed by atoms with Crippen LogP contribution in [-0.2, 0) is 22.1 Å². The third kappa shape index (κ3) is 4.62. The van der Waals surface area contributed by atoms with Gasteiger partial charge in [-0.05, 0) is 19.4 Å². The molecule has 1 aromatic heterocycles. The number of ether oxygens (including phenoxy) is 1. The van der Waals surface area contributed by atoms with E-state index in [1.165, 1.54) is 13.4 Å². The first-order valence-corrected chi connectivity index (χ1v) is 7.45. The molecule has 0 bridgehead atoms. The Balaban J connectivity index is 2.46. The van der Waals surface area contributed by atoms with Gasteiger partial charge in [-0.2, -0.15) is 0 Å². The molecular formula is C12H19NO4S. The minimum Gasteiger partial charge on any atom is -0.463 e. The average Bonchev–Trinajstić information content (AvgIpc) is 2.81. The van der Waals surface area contributed by atoms with Crippen LogP contribution in [0.1, 0.15) is 29.5 Å². The highest BCUT2D eigenvalue weighted by Crippen LogP contribution is 2.12. The Hall–Kier alpha value is -1.14. The molecule has 5 nitrogen and oxygen atoms in total. The second-order valence-corrected chi connectivity index (χ2v) is 5.67. The van der Waals surface area contributed by atoms with Gasteiger partial charge in [0.2, 0.25) is 5.76 Å². The van der Waals surface area contributed by atoms with Gasteiger partial charge < -0.3 is 14.5 Å². The second kappa shape index (κ2) is 7.33. The highest BCUT2D eigenvalue weighted by Gasteiger charge is 2.15. The summed E-state index contributed by atoms with van der Waals surface area (Å²) in [5.41, 5.74) is 0.770. The summed E-state index contributed by atoms with van der Waals surface area (Å²) in [6, 6.07) is 1.97. The Bertz CT molecular complexity index is 416. The molecular weight excluding hydrogens is 254 g/mol. The molecule has 0 aliphatic heterocycles. The van der Waals surface area contributed by atoms with E-state index in [1.807, 2.05) is 6.92 Å². The molecule has 0 aromatic carbocycles. The molecule has 2 atom stereocenters. The largest absolute Gasteiger partial charge is 0.463 e. The molecule has 0 saturated carbocycles. The van der Waals surface area contributed by atoms with Crippen LogP contribution in [0.15, 0.2) is 16.7 Å². The van der Waals surface area contributed by atoms with Gasteiger partial charge in [-0.1, -0.05) is 0 Å². The van der Waals surface area contributed by atoms with Crippen molar-refractivity contribution in [1.29, 1.82) is 0 Å². The third-order valence-corrected chi connectivity index (χ3v) is 3.41. The van der Waals surface area contributed by atoms with Crippen molar-refractivity contribution in [2.45, 2.75) is 25.9 Å². The maximum Gasteiger partial charge on any atom is 0.374 e. The second-order valence-electron chi connectivity index (χ2n) is 4.11. The van der Waals surface area contributed by atoms with E-state index in [-0.39, 0.29) is 11.8 Å². The quantitative estimate of drug-likeness (QED) is 0.759. The van der Waals surface area contributed by atoms with Gasteiger partial charge in [0.1, 0.15) is 0 Å². The Kier molecular flexibility index (Phi) is 6.07. The van der Waals surface area contributed by atoms with Crippen molar-refractivity contribution >= 4 is 16.8 Å². The van der Waals surface area contributed by atoms with Gasteiger partial charge >= 0.3 is 5.97 Å². The molecule has 0 aliphatic carbocycles. The minimum atomic E-state index is -0.772. The zero-order chi connectivity index (χ0) is 13.5. The highest BCUT2D eigenvalue weighted by atomic mass is 32.2.